The number of hydrogen-bond acceptors (Lipinski definition) is 2. The minimum atomic E-state index is -0.228. The third-order valence-corrected chi connectivity index (χ3v) is 2.28. The lowest BCUT2D eigenvalue weighted by molar-refractivity contribution is 0.0954. The molecular formula is C12H11N3O. The van der Waals surface area contributed by atoms with E-state index in [2.05, 4.69) is 16.2 Å². The monoisotopic (exact) mass is 213 g/mol. The van der Waals surface area contributed by atoms with E-state index in [1.165, 1.54) is 0 Å². The van der Waals surface area contributed by atoms with Gasteiger partial charge in [-0.15, -0.1) is 6.42 Å². The van der Waals surface area contributed by atoms with Gasteiger partial charge in [0.2, 0.25) is 0 Å². The zero-order valence-corrected chi connectivity index (χ0v) is 8.58. The van der Waals surface area contributed by atoms with Crippen LogP contribution in [0, 0.1) is 12.3 Å². The van der Waals surface area contributed by atoms with Crippen molar-refractivity contribution in [2.75, 3.05) is 12.3 Å². The number of rotatable bonds is 2. The molecule has 80 valence electrons. The van der Waals surface area contributed by atoms with E-state index in [0.717, 1.165) is 10.9 Å². The zero-order valence-electron chi connectivity index (χ0n) is 8.58. The van der Waals surface area contributed by atoms with Crippen LogP contribution in [0.1, 0.15) is 10.5 Å². The molecule has 0 aliphatic rings. The Morgan fingerprint density at radius 2 is 2.38 bits per heavy atom. The third-order valence-electron chi connectivity index (χ3n) is 2.28. The molecule has 2 aromatic rings. The van der Waals surface area contributed by atoms with E-state index in [1.54, 1.807) is 12.1 Å². The number of hydrogen-bond donors (Lipinski definition) is 3. The first-order valence-electron chi connectivity index (χ1n) is 4.81. The Kier molecular flexibility index (Phi) is 2.52. The predicted octanol–water partition coefficient (Wildman–Crippen LogP) is 1.11. The Balaban J connectivity index is 2.37. The number of anilines is 1. The molecule has 1 aromatic heterocycles. The Morgan fingerprint density at radius 1 is 1.56 bits per heavy atom. The average molecular weight is 213 g/mol. The van der Waals surface area contributed by atoms with Gasteiger partial charge in [-0.05, 0) is 12.1 Å². The average Bonchev–Trinajstić information content (AvgIpc) is 2.71. The number of nitrogens with one attached hydrogen (secondary N) is 2. The Morgan fingerprint density at radius 3 is 3.06 bits per heavy atom. The summed E-state index contributed by atoms with van der Waals surface area (Å²) in [5, 5.41) is 3.49. The van der Waals surface area contributed by atoms with Crippen LogP contribution in [0.5, 0.6) is 0 Å². The van der Waals surface area contributed by atoms with Crippen molar-refractivity contribution in [2.45, 2.75) is 0 Å². The van der Waals surface area contributed by atoms with E-state index in [1.807, 2.05) is 12.1 Å². The van der Waals surface area contributed by atoms with Crippen LogP contribution in [0.4, 0.5) is 5.69 Å². The van der Waals surface area contributed by atoms with Gasteiger partial charge in [0.1, 0.15) is 5.69 Å². The molecule has 1 aromatic carbocycles. The number of nitrogens with two attached hydrogens (primary N) is 1. The summed E-state index contributed by atoms with van der Waals surface area (Å²) in [6, 6.07) is 7.26. The molecule has 0 unspecified atom stereocenters. The Hall–Kier alpha value is -2.41. The molecule has 0 aliphatic carbocycles. The van der Waals surface area contributed by atoms with E-state index >= 15 is 0 Å². The maximum Gasteiger partial charge on any atom is 0.268 e. The van der Waals surface area contributed by atoms with Gasteiger partial charge in [0.25, 0.3) is 5.91 Å². The standard InChI is InChI=1S/C12H11N3O/c1-2-6-14-12(16)10-7-8-4-3-5-9(13)11(8)15-10/h1,3-5,7,15H,6,13H2,(H,14,16). The molecule has 0 saturated carbocycles. The van der Waals surface area contributed by atoms with Gasteiger partial charge in [0, 0.05) is 5.39 Å². The molecular weight excluding hydrogens is 202 g/mol. The van der Waals surface area contributed by atoms with Gasteiger partial charge in [-0.3, -0.25) is 4.79 Å². The van der Waals surface area contributed by atoms with Crippen LogP contribution < -0.4 is 11.1 Å². The van der Waals surface area contributed by atoms with Crippen molar-refractivity contribution in [3.05, 3.63) is 30.0 Å². The first kappa shape index (κ1) is 10.1. The lowest BCUT2D eigenvalue weighted by Gasteiger charge is -1.97. The first-order chi connectivity index (χ1) is 7.72. The van der Waals surface area contributed by atoms with E-state index in [4.69, 9.17) is 12.2 Å². The summed E-state index contributed by atoms with van der Waals surface area (Å²) in [7, 11) is 0. The van der Waals surface area contributed by atoms with Crippen LogP contribution in [-0.2, 0) is 0 Å². The normalized spacial score (nSPS) is 9.94. The van der Waals surface area contributed by atoms with Gasteiger partial charge in [-0.1, -0.05) is 18.1 Å². The van der Waals surface area contributed by atoms with Crippen LogP contribution in [0.25, 0.3) is 10.9 Å². The van der Waals surface area contributed by atoms with E-state index in [9.17, 15) is 4.79 Å². The Labute approximate surface area is 92.8 Å². The van der Waals surface area contributed by atoms with Gasteiger partial charge in [-0.25, -0.2) is 0 Å². The van der Waals surface area contributed by atoms with Crippen LogP contribution in [0.2, 0.25) is 0 Å². The molecule has 0 saturated heterocycles. The fourth-order valence-corrected chi connectivity index (χ4v) is 1.53. The molecule has 0 fully saturated rings. The summed E-state index contributed by atoms with van der Waals surface area (Å²) < 4.78 is 0. The fraction of sp³-hybridized carbons (Fsp3) is 0.0833. The van der Waals surface area contributed by atoms with Crippen molar-refractivity contribution in [2.24, 2.45) is 0 Å². The quantitative estimate of drug-likeness (QED) is 0.516. The van der Waals surface area contributed by atoms with Crippen molar-refractivity contribution in [3.63, 3.8) is 0 Å². The summed E-state index contributed by atoms with van der Waals surface area (Å²) in [5.41, 5.74) is 7.63. The summed E-state index contributed by atoms with van der Waals surface area (Å²) >= 11 is 0. The number of benzene rings is 1. The maximum atomic E-state index is 11.6. The van der Waals surface area contributed by atoms with Gasteiger partial charge < -0.3 is 16.0 Å². The number of H-pyrrole nitrogens is 1. The molecule has 4 nitrogen and oxygen atoms in total. The van der Waals surface area contributed by atoms with Crippen molar-refractivity contribution in [1.29, 1.82) is 0 Å². The number of aromatic amines is 1. The largest absolute Gasteiger partial charge is 0.397 e. The molecule has 4 heteroatoms. The molecule has 1 amide bonds. The SMILES string of the molecule is C#CCNC(=O)c1cc2cccc(N)c2[nH]1. The summed E-state index contributed by atoms with van der Waals surface area (Å²) in [6.45, 7) is 0.212. The number of aromatic nitrogens is 1. The van der Waals surface area contributed by atoms with Crippen LogP contribution in [0.3, 0.4) is 0 Å². The summed E-state index contributed by atoms with van der Waals surface area (Å²) in [6.07, 6.45) is 5.06. The van der Waals surface area contributed by atoms with Gasteiger partial charge in [-0.2, -0.15) is 0 Å². The van der Waals surface area contributed by atoms with Gasteiger partial charge in [0.15, 0.2) is 0 Å². The van der Waals surface area contributed by atoms with Crippen LogP contribution >= 0.6 is 0 Å². The topological polar surface area (TPSA) is 70.9 Å². The highest BCUT2D eigenvalue weighted by Crippen LogP contribution is 2.20. The van der Waals surface area contributed by atoms with Gasteiger partial charge in [0.05, 0.1) is 17.7 Å². The second-order valence-corrected chi connectivity index (χ2v) is 3.38. The maximum absolute atomic E-state index is 11.6. The van der Waals surface area contributed by atoms with Crippen LogP contribution in [0.15, 0.2) is 24.3 Å². The number of amides is 1. The van der Waals surface area contributed by atoms with Crippen molar-refractivity contribution in [3.8, 4) is 12.3 Å². The van der Waals surface area contributed by atoms with E-state index in [0.29, 0.717) is 11.4 Å². The molecule has 0 bridgehead atoms. The van der Waals surface area contributed by atoms with Gasteiger partial charge >= 0.3 is 0 Å². The molecule has 0 aliphatic heterocycles. The van der Waals surface area contributed by atoms with Crippen molar-refractivity contribution < 1.29 is 4.79 Å². The smallest absolute Gasteiger partial charge is 0.268 e. The third kappa shape index (κ3) is 1.71. The Bertz CT molecular complexity index is 577. The lowest BCUT2D eigenvalue weighted by atomic mass is 10.2. The molecule has 0 atom stereocenters. The molecule has 0 spiro atoms. The molecule has 2 rings (SSSR count). The van der Waals surface area contributed by atoms with Crippen molar-refractivity contribution in [1.82, 2.24) is 10.3 Å². The number of fused-ring (bicyclic) bond motifs is 1. The molecule has 0 radical (unpaired) electrons. The molecule has 4 N–H and O–H groups in total. The number of nitrogen functional groups attached to an aromatic ring is 1. The van der Waals surface area contributed by atoms with E-state index in [-0.39, 0.29) is 12.5 Å². The predicted molar refractivity (Wildman–Crippen MR) is 63.9 cm³/mol. The highest BCUT2D eigenvalue weighted by molar-refractivity contribution is 6.00. The molecule has 1 heterocycles. The minimum absolute atomic E-state index is 0.212. The first-order valence-corrected chi connectivity index (χ1v) is 4.81. The minimum Gasteiger partial charge on any atom is -0.397 e. The highest BCUT2D eigenvalue weighted by Gasteiger charge is 2.09. The highest BCUT2D eigenvalue weighted by atomic mass is 16.1. The fourth-order valence-electron chi connectivity index (χ4n) is 1.53. The number of carbonyl (C=O) groups is 1. The lowest BCUT2D eigenvalue weighted by Crippen LogP contribution is -2.23. The second kappa shape index (κ2) is 3.99. The van der Waals surface area contributed by atoms with E-state index < -0.39 is 0 Å². The second-order valence-electron chi connectivity index (χ2n) is 3.38. The van der Waals surface area contributed by atoms with Crippen molar-refractivity contribution >= 4 is 22.5 Å². The summed E-state index contributed by atoms with van der Waals surface area (Å²) in [4.78, 5) is 14.6. The zero-order chi connectivity index (χ0) is 11.5. The number of para-hydroxylation sites is 1. The number of carbonyl (C=O) groups excluding carboxylic acids is 1. The number of terminal acetylenes is 1. The van der Waals surface area contributed by atoms with Crippen LogP contribution in [-0.4, -0.2) is 17.4 Å². The summed E-state index contributed by atoms with van der Waals surface area (Å²) in [5.74, 6) is 2.11. The molecule has 16 heavy (non-hydrogen) atoms.